The fourth-order valence-electron chi connectivity index (χ4n) is 6.07. The van der Waals surface area contributed by atoms with Crippen LogP contribution in [0.25, 0.3) is 10.9 Å². The first-order chi connectivity index (χ1) is 11.2. The number of aromatic amines is 1. The zero-order valence-corrected chi connectivity index (χ0v) is 14.0. The van der Waals surface area contributed by atoms with Gasteiger partial charge < -0.3 is 10.1 Å². The highest BCUT2D eigenvalue weighted by Crippen LogP contribution is 2.53. The van der Waals surface area contributed by atoms with Crippen molar-refractivity contribution < 1.29 is 5.11 Å². The van der Waals surface area contributed by atoms with Gasteiger partial charge in [0.1, 0.15) is 5.75 Å². The maximum Gasteiger partial charge on any atom is 0.116 e. The lowest BCUT2D eigenvalue weighted by Gasteiger charge is -2.56. The van der Waals surface area contributed by atoms with E-state index in [2.05, 4.69) is 23.7 Å². The summed E-state index contributed by atoms with van der Waals surface area (Å²) in [6.45, 7) is 7.34. The molecule has 6 rings (SSSR count). The highest BCUT2D eigenvalue weighted by Gasteiger charge is 2.51. The van der Waals surface area contributed by atoms with E-state index < -0.39 is 0 Å². The van der Waals surface area contributed by atoms with Gasteiger partial charge in [-0.25, -0.2) is 0 Å². The van der Waals surface area contributed by atoms with Crippen LogP contribution in [0.15, 0.2) is 18.2 Å². The number of hydrogen-bond donors (Lipinski definition) is 2. The van der Waals surface area contributed by atoms with Gasteiger partial charge in [0.15, 0.2) is 0 Å². The van der Waals surface area contributed by atoms with E-state index in [0.717, 1.165) is 24.2 Å². The first kappa shape index (κ1) is 13.9. The van der Waals surface area contributed by atoms with Gasteiger partial charge in [-0.1, -0.05) is 20.3 Å². The molecule has 1 saturated carbocycles. The molecule has 23 heavy (non-hydrogen) atoms. The minimum Gasteiger partial charge on any atom is -0.508 e. The fourth-order valence-corrected chi connectivity index (χ4v) is 6.07. The number of H-pyrrole nitrogens is 1. The maximum atomic E-state index is 9.90. The van der Waals surface area contributed by atoms with E-state index in [1.54, 1.807) is 6.07 Å². The van der Waals surface area contributed by atoms with E-state index >= 15 is 0 Å². The van der Waals surface area contributed by atoms with Crippen molar-refractivity contribution in [3.05, 3.63) is 29.5 Å². The van der Waals surface area contributed by atoms with Gasteiger partial charge in [-0.15, -0.1) is 0 Å². The SMILES string of the molecule is CCC1C(C)C2CC3c4[nH]c5ccc(O)cc5c4CCN(C2)C31. The zero-order chi connectivity index (χ0) is 15.7. The van der Waals surface area contributed by atoms with Crippen LogP contribution in [0.5, 0.6) is 5.75 Å². The molecule has 0 spiro atoms. The highest BCUT2D eigenvalue weighted by molar-refractivity contribution is 5.86. The minimum atomic E-state index is 0.383. The molecule has 6 atom stereocenters. The molecule has 3 fully saturated rings. The summed E-state index contributed by atoms with van der Waals surface area (Å²) in [6, 6.07) is 6.50. The van der Waals surface area contributed by atoms with E-state index in [-0.39, 0.29) is 0 Å². The van der Waals surface area contributed by atoms with Crippen molar-refractivity contribution >= 4 is 10.9 Å². The molecule has 0 radical (unpaired) electrons. The molecule has 2 aromatic rings. The summed E-state index contributed by atoms with van der Waals surface area (Å²) in [4.78, 5) is 6.53. The second-order valence-corrected chi connectivity index (χ2v) is 8.02. The number of nitrogens with one attached hydrogen (secondary N) is 1. The Bertz CT molecular complexity index is 764. The average molecular weight is 310 g/mol. The van der Waals surface area contributed by atoms with Gasteiger partial charge in [0, 0.05) is 41.6 Å². The second-order valence-electron chi connectivity index (χ2n) is 8.02. The van der Waals surface area contributed by atoms with Crippen LogP contribution in [0, 0.1) is 17.8 Å². The monoisotopic (exact) mass is 310 g/mol. The molecule has 3 aliphatic heterocycles. The second kappa shape index (κ2) is 4.76. The van der Waals surface area contributed by atoms with E-state index in [9.17, 15) is 5.11 Å². The Morgan fingerprint density at radius 3 is 3.04 bits per heavy atom. The average Bonchev–Trinajstić information content (AvgIpc) is 2.86. The molecule has 1 aliphatic carbocycles. The van der Waals surface area contributed by atoms with E-state index in [1.165, 1.54) is 48.1 Å². The van der Waals surface area contributed by atoms with E-state index in [0.29, 0.717) is 17.7 Å². The van der Waals surface area contributed by atoms with E-state index in [1.807, 2.05) is 12.1 Å². The molecule has 6 unspecified atom stereocenters. The van der Waals surface area contributed by atoms with Crippen molar-refractivity contribution in [2.75, 3.05) is 13.1 Å². The normalized spacial score (nSPS) is 38.5. The smallest absolute Gasteiger partial charge is 0.116 e. The van der Waals surface area contributed by atoms with Crippen molar-refractivity contribution in [1.82, 2.24) is 9.88 Å². The summed E-state index contributed by atoms with van der Waals surface area (Å²) in [5, 5.41) is 11.1. The number of fused-ring (bicyclic) bond motifs is 4. The quantitative estimate of drug-likeness (QED) is 0.839. The molecular formula is C20H26N2O. The Morgan fingerprint density at radius 1 is 1.35 bits per heavy atom. The highest BCUT2D eigenvalue weighted by atomic mass is 16.3. The predicted octanol–water partition coefficient (Wildman–Crippen LogP) is 3.88. The molecule has 3 nitrogen and oxygen atoms in total. The maximum absolute atomic E-state index is 9.90. The van der Waals surface area contributed by atoms with Gasteiger partial charge in [-0.2, -0.15) is 0 Å². The number of aromatic nitrogens is 1. The lowest BCUT2D eigenvalue weighted by Crippen LogP contribution is -2.59. The first-order valence-electron chi connectivity index (χ1n) is 9.25. The van der Waals surface area contributed by atoms with Crippen LogP contribution in [0.2, 0.25) is 0 Å². The van der Waals surface area contributed by atoms with Crippen molar-refractivity contribution in [3.8, 4) is 5.75 Å². The number of rotatable bonds is 1. The van der Waals surface area contributed by atoms with Crippen molar-refractivity contribution in [2.24, 2.45) is 17.8 Å². The van der Waals surface area contributed by atoms with Crippen LogP contribution in [-0.4, -0.2) is 34.1 Å². The fraction of sp³-hybridized carbons (Fsp3) is 0.600. The van der Waals surface area contributed by atoms with Gasteiger partial charge >= 0.3 is 0 Å². The van der Waals surface area contributed by atoms with Crippen molar-refractivity contribution in [1.29, 1.82) is 0 Å². The largest absolute Gasteiger partial charge is 0.508 e. The number of hydrogen-bond acceptors (Lipinski definition) is 2. The summed E-state index contributed by atoms with van der Waals surface area (Å²) < 4.78 is 0. The standard InChI is InChI=1S/C20H26N2O/c1-3-14-11(2)12-8-17-19-15(6-7-22(10-12)20(14)17)16-9-13(23)4-5-18(16)21-19/h4-5,9,11-12,14,17,20-21,23H,3,6-8,10H2,1-2H3. The molecule has 4 bridgehead atoms. The molecular weight excluding hydrogens is 284 g/mol. The zero-order valence-electron chi connectivity index (χ0n) is 14.0. The number of phenolic OH excluding ortho intramolecular Hbond substituents is 1. The van der Waals surface area contributed by atoms with E-state index in [4.69, 9.17) is 0 Å². The summed E-state index contributed by atoms with van der Waals surface area (Å²) in [5.74, 6) is 3.58. The molecule has 1 aromatic heterocycles. The minimum absolute atomic E-state index is 0.383. The van der Waals surface area contributed by atoms with Crippen LogP contribution >= 0.6 is 0 Å². The first-order valence-corrected chi connectivity index (χ1v) is 9.25. The van der Waals surface area contributed by atoms with Crippen LogP contribution in [0.3, 0.4) is 0 Å². The molecule has 4 aliphatic rings. The van der Waals surface area contributed by atoms with Crippen LogP contribution in [0.4, 0.5) is 0 Å². The molecule has 1 aromatic carbocycles. The Morgan fingerprint density at radius 2 is 2.22 bits per heavy atom. The topological polar surface area (TPSA) is 39.3 Å². The third-order valence-electron chi connectivity index (χ3n) is 7.13. The third kappa shape index (κ3) is 1.80. The summed E-state index contributed by atoms with van der Waals surface area (Å²) in [6.07, 6.45) is 3.75. The predicted molar refractivity (Wildman–Crippen MR) is 92.8 cm³/mol. The van der Waals surface area contributed by atoms with Crippen LogP contribution in [0.1, 0.15) is 43.9 Å². The summed E-state index contributed by atoms with van der Waals surface area (Å²) in [5.41, 5.74) is 4.15. The van der Waals surface area contributed by atoms with Crippen LogP contribution in [-0.2, 0) is 6.42 Å². The Hall–Kier alpha value is -1.48. The molecule has 2 N–H and O–H groups in total. The molecule has 3 heteroatoms. The Balaban J connectivity index is 1.68. The third-order valence-corrected chi connectivity index (χ3v) is 7.13. The number of piperidine rings is 2. The van der Waals surface area contributed by atoms with Crippen molar-refractivity contribution in [3.63, 3.8) is 0 Å². The number of nitrogens with zero attached hydrogens (tertiary/aromatic N) is 1. The molecule has 4 heterocycles. The summed E-state index contributed by atoms with van der Waals surface area (Å²) in [7, 11) is 0. The molecule has 122 valence electrons. The molecule has 0 amide bonds. The van der Waals surface area contributed by atoms with Crippen LogP contribution < -0.4 is 0 Å². The van der Waals surface area contributed by atoms with Gasteiger partial charge in [0.05, 0.1) is 0 Å². The van der Waals surface area contributed by atoms with Gasteiger partial charge in [-0.3, -0.25) is 4.90 Å². The summed E-state index contributed by atoms with van der Waals surface area (Å²) >= 11 is 0. The number of phenols is 1. The Labute approximate surface area is 137 Å². The number of aromatic hydroxyl groups is 1. The van der Waals surface area contributed by atoms with Gasteiger partial charge in [0.2, 0.25) is 0 Å². The van der Waals surface area contributed by atoms with Gasteiger partial charge in [0.25, 0.3) is 0 Å². The Kier molecular flexibility index (Phi) is 2.88. The van der Waals surface area contributed by atoms with Crippen molar-refractivity contribution in [2.45, 2.75) is 45.1 Å². The lowest BCUT2D eigenvalue weighted by molar-refractivity contribution is -0.0540. The van der Waals surface area contributed by atoms with Gasteiger partial charge in [-0.05, 0) is 54.4 Å². The number of benzene rings is 1. The molecule has 2 saturated heterocycles. The lowest BCUT2D eigenvalue weighted by atomic mass is 9.60.